The molecule has 1 aromatic carbocycles. The first-order valence-corrected chi connectivity index (χ1v) is 5.19. The van der Waals surface area contributed by atoms with Crippen molar-refractivity contribution in [1.82, 2.24) is 4.90 Å². The highest BCUT2D eigenvalue weighted by atomic mass is 19.1. The molecule has 1 heterocycles. The summed E-state index contributed by atoms with van der Waals surface area (Å²) in [5, 5.41) is 18.7. The molecule has 5 nitrogen and oxygen atoms in total. The number of aliphatic hydroxyl groups excluding tert-OH is 2. The van der Waals surface area contributed by atoms with Crippen molar-refractivity contribution < 1.29 is 19.4 Å². The zero-order valence-electron chi connectivity index (χ0n) is 9.01. The maximum absolute atomic E-state index is 13.1. The highest BCUT2D eigenvalue weighted by Gasteiger charge is 2.33. The lowest BCUT2D eigenvalue weighted by Crippen LogP contribution is -2.29. The van der Waals surface area contributed by atoms with Gasteiger partial charge in [0, 0.05) is 24.3 Å². The van der Waals surface area contributed by atoms with Crippen molar-refractivity contribution in [2.75, 3.05) is 18.8 Å². The summed E-state index contributed by atoms with van der Waals surface area (Å²) < 4.78 is 13.1. The summed E-state index contributed by atoms with van der Waals surface area (Å²) in [5.41, 5.74) is 5.72. The minimum atomic E-state index is -0.954. The van der Waals surface area contributed by atoms with Gasteiger partial charge >= 0.3 is 0 Å². The molecule has 92 valence electrons. The molecule has 0 aliphatic carbocycles. The topological polar surface area (TPSA) is 86.8 Å². The summed E-state index contributed by atoms with van der Waals surface area (Å²) in [5.74, 6) is -1.04. The zero-order valence-corrected chi connectivity index (χ0v) is 9.01. The number of anilines is 1. The third kappa shape index (κ3) is 2.37. The van der Waals surface area contributed by atoms with Gasteiger partial charge in [-0.15, -0.1) is 0 Å². The van der Waals surface area contributed by atoms with Crippen molar-refractivity contribution >= 4 is 11.6 Å². The number of aliphatic hydroxyl groups is 2. The molecule has 0 spiro atoms. The fourth-order valence-corrected chi connectivity index (χ4v) is 1.85. The molecule has 0 saturated carbocycles. The predicted octanol–water partition coefficient (Wildman–Crippen LogP) is -0.415. The number of amides is 1. The van der Waals surface area contributed by atoms with Crippen LogP contribution in [0.1, 0.15) is 10.4 Å². The molecule has 1 aromatic rings. The van der Waals surface area contributed by atoms with Crippen LogP contribution in [0.5, 0.6) is 0 Å². The number of likely N-dealkylation sites (tertiary alicyclic amines) is 1. The van der Waals surface area contributed by atoms with E-state index in [-0.39, 0.29) is 24.3 Å². The second kappa shape index (κ2) is 4.31. The molecule has 6 heteroatoms. The zero-order chi connectivity index (χ0) is 12.6. The normalized spacial score (nSPS) is 24.1. The number of nitrogen functional groups attached to an aromatic ring is 1. The molecule has 17 heavy (non-hydrogen) atoms. The Morgan fingerprint density at radius 3 is 2.41 bits per heavy atom. The van der Waals surface area contributed by atoms with E-state index in [4.69, 9.17) is 5.73 Å². The Balaban J connectivity index is 2.20. The van der Waals surface area contributed by atoms with E-state index in [0.29, 0.717) is 0 Å². The SMILES string of the molecule is Nc1cc(F)cc(C(=O)N2C[C@@H](O)[C@@H](O)C2)c1. The Morgan fingerprint density at radius 1 is 1.29 bits per heavy atom. The molecular formula is C11H13FN2O3. The van der Waals surface area contributed by atoms with Crippen LogP contribution in [-0.2, 0) is 0 Å². The molecule has 1 aliphatic heterocycles. The van der Waals surface area contributed by atoms with Gasteiger partial charge in [0.25, 0.3) is 5.91 Å². The number of carbonyl (C=O) groups is 1. The van der Waals surface area contributed by atoms with Gasteiger partial charge in [-0.1, -0.05) is 0 Å². The average molecular weight is 240 g/mol. The molecule has 0 unspecified atom stereocenters. The monoisotopic (exact) mass is 240 g/mol. The van der Waals surface area contributed by atoms with Gasteiger partial charge in [-0.25, -0.2) is 4.39 Å². The molecule has 0 aromatic heterocycles. The summed E-state index contributed by atoms with van der Waals surface area (Å²) in [6.45, 7) is 0.0762. The number of benzene rings is 1. The van der Waals surface area contributed by atoms with Crippen LogP contribution in [0.15, 0.2) is 18.2 Å². The van der Waals surface area contributed by atoms with Gasteiger partial charge in [0.2, 0.25) is 0 Å². The Kier molecular flexibility index (Phi) is 2.99. The van der Waals surface area contributed by atoms with E-state index in [2.05, 4.69) is 0 Å². The molecule has 2 atom stereocenters. The number of halogens is 1. The van der Waals surface area contributed by atoms with E-state index < -0.39 is 23.9 Å². The first kappa shape index (κ1) is 11.8. The molecule has 1 amide bonds. The van der Waals surface area contributed by atoms with Crippen LogP contribution >= 0.6 is 0 Å². The van der Waals surface area contributed by atoms with Crippen molar-refractivity contribution in [2.24, 2.45) is 0 Å². The number of nitrogens with zero attached hydrogens (tertiary/aromatic N) is 1. The van der Waals surface area contributed by atoms with Gasteiger partial charge < -0.3 is 20.8 Å². The van der Waals surface area contributed by atoms with E-state index in [9.17, 15) is 19.4 Å². The molecule has 0 bridgehead atoms. The summed E-state index contributed by atoms with van der Waals surface area (Å²) >= 11 is 0. The van der Waals surface area contributed by atoms with Gasteiger partial charge in [0.1, 0.15) is 5.82 Å². The Hall–Kier alpha value is -1.66. The Morgan fingerprint density at radius 2 is 1.88 bits per heavy atom. The molecule has 4 N–H and O–H groups in total. The van der Waals surface area contributed by atoms with Crippen LogP contribution < -0.4 is 5.73 Å². The Labute approximate surface area is 97.3 Å². The molecule has 2 rings (SSSR count). The number of β-amino-alcohol motifs (C(OH)–C–C–N with tert-alkyl or cyclic N) is 2. The van der Waals surface area contributed by atoms with Crippen LogP contribution in [0, 0.1) is 5.82 Å². The van der Waals surface area contributed by atoms with Crippen molar-refractivity contribution in [3.05, 3.63) is 29.6 Å². The Bertz CT molecular complexity index is 422. The lowest BCUT2D eigenvalue weighted by atomic mass is 10.1. The fraction of sp³-hybridized carbons (Fsp3) is 0.364. The lowest BCUT2D eigenvalue weighted by molar-refractivity contribution is 0.0572. The number of hydrogen-bond donors (Lipinski definition) is 3. The van der Waals surface area contributed by atoms with Gasteiger partial charge in [-0.2, -0.15) is 0 Å². The van der Waals surface area contributed by atoms with Gasteiger partial charge in [0.15, 0.2) is 0 Å². The second-order valence-electron chi connectivity index (χ2n) is 4.12. The highest BCUT2D eigenvalue weighted by Crippen LogP contribution is 2.17. The van der Waals surface area contributed by atoms with Crippen LogP contribution in [0.2, 0.25) is 0 Å². The smallest absolute Gasteiger partial charge is 0.254 e. The predicted molar refractivity (Wildman–Crippen MR) is 58.7 cm³/mol. The standard InChI is InChI=1S/C11H13FN2O3/c12-7-1-6(2-8(13)3-7)11(17)14-4-9(15)10(16)5-14/h1-3,9-10,15-16H,4-5,13H2/t9-,10+. The summed E-state index contributed by atoms with van der Waals surface area (Å²) in [4.78, 5) is 13.2. The van der Waals surface area contributed by atoms with E-state index in [1.54, 1.807) is 0 Å². The first-order chi connectivity index (χ1) is 7.97. The van der Waals surface area contributed by atoms with Gasteiger partial charge in [-0.3, -0.25) is 4.79 Å². The maximum Gasteiger partial charge on any atom is 0.254 e. The van der Waals surface area contributed by atoms with Crippen molar-refractivity contribution in [2.45, 2.75) is 12.2 Å². The maximum atomic E-state index is 13.1. The average Bonchev–Trinajstić information content (AvgIpc) is 2.57. The third-order valence-electron chi connectivity index (χ3n) is 2.71. The molecular weight excluding hydrogens is 227 g/mol. The summed E-state index contributed by atoms with van der Waals surface area (Å²) in [7, 11) is 0. The summed E-state index contributed by atoms with van der Waals surface area (Å²) in [6, 6.07) is 3.56. The van der Waals surface area contributed by atoms with E-state index >= 15 is 0 Å². The lowest BCUT2D eigenvalue weighted by Gasteiger charge is -2.15. The van der Waals surface area contributed by atoms with E-state index in [1.807, 2.05) is 0 Å². The van der Waals surface area contributed by atoms with Crippen molar-refractivity contribution in [1.29, 1.82) is 0 Å². The third-order valence-corrected chi connectivity index (χ3v) is 2.71. The number of hydrogen-bond acceptors (Lipinski definition) is 4. The minimum Gasteiger partial charge on any atom is -0.399 e. The van der Waals surface area contributed by atoms with Crippen LogP contribution in [0.3, 0.4) is 0 Å². The van der Waals surface area contributed by atoms with Crippen LogP contribution in [0.4, 0.5) is 10.1 Å². The second-order valence-corrected chi connectivity index (χ2v) is 4.12. The molecule has 1 saturated heterocycles. The molecule has 1 fully saturated rings. The molecule has 1 aliphatic rings. The number of nitrogens with two attached hydrogens (primary N) is 1. The largest absolute Gasteiger partial charge is 0.399 e. The minimum absolute atomic E-state index is 0.0381. The quantitative estimate of drug-likeness (QED) is 0.582. The van der Waals surface area contributed by atoms with Crippen molar-refractivity contribution in [3.63, 3.8) is 0 Å². The number of rotatable bonds is 1. The van der Waals surface area contributed by atoms with E-state index in [0.717, 1.165) is 12.1 Å². The fourth-order valence-electron chi connectivity index (χ4n) is 1.85. The molecule has 0 radical (unpaired) electrons. The number of carbonyl (C=O) groups excluding carboxylic acids is 1. The first-order valence-electron chi connectivity index (χ1n) is 5.19. The van der Waals surface area contributed by atoms with Crippen LogP contribution in [-0.4, -0.2) is 46.3 Å². The van der Waals surface area contributed by atoms with E-state index in [1.165, 1.54) is 11.0 Å². The summed E-state index contributed by atoms with van der Waals surface area (Å²) in [6.07, 6.45) is -1.91. The van der Waals surface area contributed by atoms with Gasteiger partial charge in [0.05, 0.1) is 12.2 Å². The van der Waals surface area contributed by atoms with Gasteiger partial charge in [-0.05, 0) is 18.2 Å². The highest BCUT2D eigenvalue weighted by molar-refractivity contribution is 5.95. The van der Waals surface area contributed by atoms with Crippen molar-refractivity contribution in [3.8, 4) is 0 Å². The van der Waals surface area contributed by atoms with Crippen LogP contribution in [0.25, 0.3) is 0 Å².